The Labute approximate surface area is 182 Å². The number of rotatable bonds is 7. The summed E-state index contributed by atoms with van der Waals surface area (Å²) in [5, 5.41) is 0. The number of anilines is 1. The highest BCUT2D eigenvalue weighted by molar-refractivity contribution is 7.91. The summed E-state index contributed by atoms with van der Waals surface area (Å²) < 4.78 is 29.6. The molecule has 0 radical (unpaired) electrons. The molecule has 2 aromatic carbocycles. The maximum Gasteiger partial charge on any atom is 0.261 e. The van der Waals surface area contributed by atoms with Crippen LogP contribution < -0.4 is 9.64 Å². The Balaban J connectivity index is 1.41. The zero-order chi connectivity index (χ0) is 21.8. The van der Waals surface area contributed by atoms with E-state index in [1.807, 2.05) is 42.5 Å². The van der Waals surface area contributed by atoms with E-state index in [1.54, 1.807) is 21.9 Å². The first-order valence-corrected chi connectivity index (χ1v) is 12.3. The van der Waals surface area contributed by atoms with Crippen molar-refractivity contribution < 1.29 is 22.7 Å². The third-order valence-corrected chi connectivity index (χ3v) is 7.50. The van der Waals surface area contributed by atoms with Gasteiger partial charge >= 0.3 is 0 Å². The van der Waals surface area contributed by atoms with Crippen molar-refractivity contribution in [3.05, 3.63) is 60.2 Å². The number of hydrogen-bond donors (Lipinski definition) is 0. The highest BCUT2D eigenvalue weighted by atomic mass is 32.2. The first-order valence-electron chi connectivity index (χ1n) is 10.5. The predicted molar refractivity (Wildman–Crippen MR) is 118 cm³/mol. The van der Waals surface area contributed by atoms with Crippen molar-refractivity contribution in [1.29, 1.82) is 0 Å². The first kappa shape index (κ1) is 21.4. The van der Waals surface area contributed by atoms with Crippen LogP contribution in [-0.2, 0) is 26.0 Å². The number of nitrogens with zero attached hydrogens (tertiary/aromatic N) is 2. The molecule has 2 aromatic rings. The smallest absolute Gasteiger partial charge is 0.261 e. The van der Waals surface area contributed by atoms with Crippen molar-refractivity contribution in [3.63, 3.8) is 0 Å². The molecule has 2 aliphatic heterocycles. The number of amides is 2. The highest BCUT2D eigenvalue weighted by Crippen LogP contribution is 2.24. The summed E-state index contributed by atoms with van der Waals surface area (Å²) >= 11 is 0. The van der Waals surface area contributed by atoms with E-state index in [0.717, 1.165) is 24.2 Å². The topological polar surface area (TPSA) is 84.0 Å². The summed E-state index contributed by atoms with van der Waals surface area (Å²) in [5.74, 6) is 0.497. The molecule has 0 aromatic heterocycles. The second kappa shape index (κ2) is 9.09. The van der Waals surface area contributed by atoms with Gasteiger partial charge in [-0.3, -0.25) is 9.59 Å². The van der Waals surface area contributed by atoms with E-state index in [2.05, 4.69) is 0 Å². The van der Waals surface area contributed by atoms with Crippen LogP contribution in [0.1, 0.15) is 24.8 Å². The van der Waals surface area contributed by atoms with Gasteiger partial charge in [0.2, 0.25) is 5.91 Å². The van der Waals surface area contributed by atoms with Gasteiger partial charge in [-0.25, -0.2) is 8.42 Å². The van der Waals surface area contributed by atoms with Crippen molar-refractivity contribution in [1.82, 2.24) is 4.90 Å². The lowest BCUT2D eigenvalue weighted by Crippen LogP contribution is -2.43. The number of carbonyl (C=O) groups excluding carboxylic acids is 2. The zero-order valence-corrected chi connectivity index (χ0v) is 18.1. The highest BCUT2D eigenvalue weighted by Gasteiger charge is 2.34. The average Bonchev–Trinajstić information content (AvgIpc) is 3.36. The fourth-order valence-corrected chi connectivity index (χ4v) is 5.82. The molecule has 0 aliphatic carbocycles. The van der Waals surface area contributed by atoms with Crippen LogP contribution in [0.3, 0.4) is 0 Å². The maximum atomic E-state index is 13.0. The minimum atomic E-state index is -3.12. The third-order valence-electron chi connectivity index (χ3n) is 5.75. The lowest BCUT2D eigenvalue weighted by Gasteiger charge is -2.28. The van der Waals surface area contributed by atoms with Gasteiger partial charge < -0.3 is 14.5 Å². The molecule has 2 aliphatic rings. The van der Waals surface area contributed by atoms with Gasteiger partial charge in [-0.2, -0.15) is 0 Å². The summed E-state index contributed by atoms with van der Waals surface area (Å²) in [4.78, 5) is 28.2. The zero-order valence-electron chi connectivity index (χ0n) is 17.3. The number of sulfone groups is 1. The van der Waals surface area contributed by atoms with Crippen molar-refractivity contribution in [2.24, 2.45) is 0 Å². The second-order valence-corrected chi connectivity index (χ2v) is 10.2. The van der Waals surface area contributed by atoms with Crippen LogP contribution in [0.5, 0.6) is 5.75 Å². The van der Waals surface area contributed by atoms with Crippen LogP contribution in [-0.4, -0.2) is 55.8 Å². The largest absolute Gasteiger partial charge is 0.484 e. The molecule has 4 rings (SSSR count). The Morgan fingerprint density at radius 1 is 1.10 bits per heavy atom. The Bertz CT molecular complexity index is 1040. The summed E-state index contributed by atoms with van der Waals surface area (Å²) in [7, 11) is -3.12. The van der Waals surface area contributed by atoms with Crippen LogP contribution in [0.25, 0.3) is 0 Å². The van der Waals surface area contributed by atoms with Crippen molar-refractivity contribution in [2.75, 3.05) is 29.6 Å². The van der Waals surface area contributed by atoms with Crippen LogP contribution in [0.15, 0.2) is 54.6 Å². The standard InChI is InChI=1S/C23H26N2O5S/c26-22-7-4-13-24(22)19-8-10-21(11-9-19)30-16-23(27)25(15-18-5-2-1-3-6-18)20-12-14-31(28,29)17-20/h1-3,5-6,8-11,20H,4,7,12-17H2. The molecule has 31 heavy (non-hydrogen) atoms. The van der Waals surface area contributed by atoms with Gasteiger partial charge in [0.05, 0.1) is 11.5 Å². The molecule has 2 amide bonds. The molecule has 8 heteroatoms. The van der Waals surface area contributed by atoms with Gasteiger partial charge in [0.15, 0.2) is 16.4 Å². The van der Waals surface area contributed by atoms with Gasteiger partial charge in [0, 0.05) is 31.2 Å². The second-order valence-electron chi connectivity index (χ2n) is 8.00. The van der Waals surface area contributed by atoms with E-state index in [-0.39, 0.29) is 36.0 Å². The third kappa shape index (κ3) is 5.25. The molecule has 0 spiro atoms. The molecular formula is C23H26N2O5S. The molecule has 2 saturated heterocycles. The van der Waals surface area contributed by atoms with Crippen LogP contribution in [0, 0.1) is 0 Å². The Hall–Kier alpha value is -2.87. The lowest BCUT2D eigenvalue weighted by atomic mass is 10.1. The average molecular weight is 443 g/mol. The number of ether oxygens (including phenoxy) is 1. The van der Waals surface area contributed by atoms with E-state index in [9.17, 15) is 18.0 Å². The first-order chi connectivity index (χ1) is 14.9. The number of hydrogen-bond acceptors (Lipinski definition) is 5. The monoisotopic (exact) mass is 442 g/mol. The minimum Gasteiger partial charge on any atom is -0.484 e. The molecule has 2 fully saturated rings. The van der Waals surface area contributed by atoms with Gasteiger partial charge in [0.25, 0.3) is 5.91 Å². The molecule has 164 valence electrons. The Morgan fingerprint density at radius 2 is 1.84 bits per heavy atom. The predicted octanol–water partition coefficient (Wildman–Crippen LogP) is 2.41. The van der Waals surface area contributed by atoms with E-state index >= 15 is 0 Å². The van der Waals surface area contributed by atoms with Crippen molar-refractivity contribution in [2.45, 2.75) is 31.8 Å². The molecule has 1 unspecified atom stereocenters. The van der Waals surface area contributed by atoms with Crippen LogP contribution >= 0.6 is 0 Å². The van der Waals surface area contributed by atoms with Crippen molar-refractivity contribution in [3.8, 4) is 5.75 Å². The number of carbonyl (C=O) groups is 2. The molecule has 2 heterocycles. The SMILES string of the molecule is O=C1CCCN1c1ccc(OCC(=O)N(Cc2ccccc2)C2CCS(=O)(=O)C2)cc1. The summed E-state index contributed by atoms with van der Waals surface area (Å²) in [6, 6.07) is 16.3. The summed E-state index contributed by atoms with van der Waals surface area (Å²) in [6.45, 7) is 0.890. The maximum absolute atomic E-state index is 13.0. The summed E-state index contributed by atoms with van der Waals surface area (Å²) in [5.41, 5.74) is 1.77. The Morgan fingerprint density at radius 3 is 2.45 bits per heavy atom. The fraction of sp³-hybridized carbons (Fsp3) is 0.391. The van der Waals surface area contributed by atoms with E-state index in [1.165, 1.54) is 0 Å². The lowest BCUT2D eigenvalue weighted by molar-refractivity contribution is -0.136. The molecule has 0 bridgehead atoms. The summed E-state index contributed by atoms with van der Waals surface area (Å²) in [6.07, 6.45) is 1.88. The van der Waals surface area contributed by atoms with Gasteiger partial charge in [0.1, 0.15) is 5.75 Å². The van der Waals surface area contributed by atoms with Crippen molar-refractivity contribution >= 4 is 27.3 Å². The minimum absolute atomic E-state index is 0.00979. The molecular weight excluding hydrogens is 416 g/mol. The van der Waals surface area contributed by atoms with Crippen LogP contribution in [0.4, 0.5) is 5.69 Å². The van der Waals surface area contributed by atoms with Crippen LogP contribution in [0.2, 0.25) is 0 Å². The van der Waals surface area contributed by atoms with E-state index in [4.69, 9.17) is 4.74 Å². The molecule has 7 nitrogen and oxygen atoms in total. The van der Waals surface area contributed by atoms with Gasteiger partial charge in [-0.1, -0.05) is 30.3 Å². The normalized spacial score (nSPS) is 20.1. The quantitative estimate of drug-likeness (QED) is 0.658. The molecule has 1 atom stereocenters. The number of benzene rings is 2. The van der Waals surface area contributed by atoms with E-state index < -0.39 is 9.84 Å². The molecule has 0 saturated carbocycles. The Kier molecular flexibility index (Phi) is 6.27. The molecule has 0 N–H and O–H groups in total. The fourth-order valence-electron chi connectivity index (χ4n) is 4.09. The van der Waals surface area contributed by atoms with Gasteiger partial charge in [-0.05, 0) is 42.7 Å². The van der Waals surface area contributed by atoms with E-state index in [0.29, 0.717) is 25.1 Å². The van der Waals surface area contributed by atoms with Gasteiger partial charge in [-0.15, -0.1) is 0 Å².